The van der Waals surface area contributed by atoms with Gasteiger partial charge in [0.25, 0.3) is 11.8 Å². The molecule has 0 aromatic heterocycles. The minimum Gasteiger partial charge on any atom is -0.323 e. The van der Waals surface area contributed by atoms with E-state index in [2.05, 4.69) is 5.32 Å². The van der Waals surface area contributed by atoms with Gasteiger partial charge in [-0.2, -0.15) is 0 Å². The first-order chi connectivity index (χ1) is 11.0. The molecule has 0 radical (unpaired) electrons. The SMILES string of the molecule is O=C(CN1C(=O)c2cccc(F)c2C1=O)Nc1ccccc1Cl. The minimum atomic E-state index is -0.822. The van der Waals surface area contributed by atoms with E-state index in [-0.39, 0.29) is 11.1 Å². The Balaban J connectivity index is 1.78. The van der Waals surface area contributed by atoms with Gasteiger partial charge in [0.2, 0.25) is 5.91 Å². The summed E-state index contributed by atoms with van der Waals surface area (Å²) in [5, 5.41) is 2.84. The first-order valence-corrected chi connectivity index (χ1v) is 7.06. The Morgan fingerprint density at radius 1 is 1.09 bits per heavy atom. The van der Waals surface area contributed by atoms with E-state index in [0.717, 1.165) is 6.07 Å². The minimum absolute atomic E-state index is 0.0412. The van der Waals surface area contributed by atoms with E-state index >= 15 is 0 Å². The quantitative estimate of drug-likeness (QED) is 0.879. The standard InChI is InChI=1S/C16H10ClFN2O3/c17-10-5-1-2-7-12(10)19-13(21)8-20-15(22)9-4-3-6-11(18)14(9)16(20)23/h1-7H,8H2,(H,19,21). The van der Waals surface area contributed by atoms with Crippen molar-refractivity contribution in [3.63, 3.8) is 0 Å². The first-order valence-electron chi connectivity index (χ1n) is 6.68. The second-order valence-corrected chi connectivity index (χ2v) is 5.29. The van der Waals surface area contributed by atoms with Crippen molar-refractivity contribution in [3.8, 4) is 0 Å². The average molecular weight is 333 g/mol. The van der Waals surface area contributed by atoms with E-state index in [1.165, 1.54) is 12.1 Å². The number of anilines is 1. The van der Waals surface area contributed by atoms with Gasteiger partial charge >= 0.3 is 0 Å². The Hall–Kier alpha value is -2.73. The number of fused-ring (bicyclic) bond motifs is 1. The van der Waals surface area contributed by atoms with Gasteiger partial charge in [0.05, 0.1) is 21.8 Å². The Labute approximate surface area is 135 Å². The third-order valence-electron chi connectivity index (χ3n) is 3.40. The summed E-state index contributed by atoms with van der Waals surface area (Å²) in [6.45, 7) is -0.517. The predicted octanol–water partition coefficient (Wildman–Crippen LogP) is 2.71. The van der Waals surface area contributed by atoms with Crippen LogP contribution in [0.2, 0.25) is 5.02 Å². The zero-order chi connectivity index (χ0) is 16.6. The van der Waals surface area contributed by atoms with Gasteiger partial charge in [0.15, 0.2) is 0 Å². The van der Waals surface area contributed by atoms with Crippen LogP contribution in [-0.2, 0) is 4.79 Å². The second-order valence-electron chi connectivity index (χ2n) is 4.89. The monoisotopic (exact) mass is 332 g/mol. The molecular weight excluding hydrogens is 323 g/mol. The summed E-state index contributed by atoms with van der Waals surface area (Å²) >= 11 is 5.92. The van der Waals surface area contributed by atoms with E-state index in [9.17, 15) is 18.8 Å². The number of halogens is 2. The van der Waals surface area contributed by atoms with Crippen molar-refractivity contribution < 1.29 is 18.8 Å². The molecule has 1 aliphatic heterocycles. The fourth-order valence-corrected chi connectivity index (χ4v) is 2.51. The number of carbonyl (C=O) groups is 3. The number of carbonyl (C=O) groups excluding carboxylic acids is 3. The van der Waals surface area contributed by atoms with E-state index in [1.807, 2.05) is 0 Å². The lowest BCUT2D eigenvalue weighted by Crippen LogP contribution is -2.37. The number of nitrogens with one attached hydrogen (secondary N) is 1. The molecule has 3 rings (SSSR count). The van der Waals surface area contributed by atoms with E-state index < -0.39 is 30.1 Å². The lowest BCUT2D eigenvalue weighted by atomic mass is 10.1. The summed E-state index contributed by atoms with van der Waals surface area (Å²) in [7, 11) is 0. The summed E-state index contributed by atoms with van der Waals surface area (Å²) in [5.74, 6) is -2.90. The summed E-state index contributed by atoms with van der Waals surface area (Å²) in [5.41, 5.74) is 0.0190. The molecule has 3 amide bonds. The van der Waals surface area contributed by atoms with Gasteiger partial charge in [0, 0.05) is 0 Å². The van der Waals surface area contributed by atoms with Gasteiger partial charge in [-0.25, -0.2) is 4.39 Å². The van der Waals surface area contributed by atoms with Crippen molar-refractivity contribution in [2.75, 3.05) is 11.9 Å². The van der Waals surface area contributed by atoms with Crippen molar-refractivity contribution in [3.05, 3.63) is 64.4 Å². The van der Waals surface area contributed by atoms with Crippen LogP contribution in [0.3, 0.4) is 0 Å². The van der Waals surface area contributed by atoms with Crippen molar-refractivity contribution >= 4 is 35.0 Å². The Bertz CT molecular complexity index is 838. The molecule has 0 atom stereocenters. The van der Waals surface area contributed by atoms with Gasteiger partial charge in [-0.15, -0.1) is 0 Å². The van der Waals surface area contributed by atoms with Gasteiger partial charge < -0.3 is 5.32 Å². The molecule has 1 heterocycles. The zero-order valence-corrected chi connectivity index (χ0v) is 12.4. The van der Waals surface area contributed by atoms with Crippen LogP contribution < -0.4 is 5.32 Å². The fourth-order valence-electron chi connectivity index (χ4n) is 2.33. The molecule has 0 bridgehead atoms. The lowest BCUT2D eigenvalue weighted by molar-refractivity contribution is -0.116. The summed E-state index contributed by atoms with van der Waals surface area (Å²) in [6.07, 6.45) is 0. The molecular formula is C16H10ClFN2O3. The number of hydrogen-bond acceptors (Lipinski definition) is 3. The molecule has 0 spiro atoms. The third-order valence-corrected chi connectivity index (χ3v) is 3.73. The Morgan fingerprint density at radius 3 is 2.52 bits per heavy atom. The molecule has 1 N–H and O–H groups in total. The van der Waals surface area contributed by atoms with Gasteiger partial charge in [-0.05, 0) is 24.3 Å². The lowest BCUT2D eigenvalue weighted by Gasteiger charge is -2.14. The molecule has 0 aliphatic carbocycles. The summed E-state index contributed by atoms with van der Waals surface area (Å²) in [4.78, 5) is 37.0. The third kappa shape index (κ3) is 2.68. The molecule has 2 aromatic carbocycles. The highest BCUT2D eigenvalue weighted by Crippen LogP contribution is 2.25. The number of hydrogen-bond donors (Lipinski definition) is 1. The number of imide groups is 1. The van der Waals surface area contributed by atoms with Gasteiger partial charge in [0.1, 0.15) is 12.4 Å². The maximum Gasteiger partial charge on any atom is 0.265 e. The topological polar surface area (TPSA) is 66.5 Å². The molecule has 0 fully saturated rings. The Kier molecular flexibility index (Phi) is 3.83. The van der Waals surface area contributed by atoms with Crippen LogP contribution in [0.4, 0.5) is 10.1 Å². The van der Waals surface area contributed by atoms with Crippen LogP contribution in [-0.4, -0.2) is 29.2 Å². The van der Waals surface area contributed by atoms with Crippen molar-refractivity contribution in [1.29, 1.82) is 0 Å². The number of amides is 3. The molecule has 7 heteroatoms. The molecule has 116 valence electrons. The van der Waals surface area contributed by atoms with Crippen LogP contribution in [0.25, 0.3) is 0 Å². The molecule has 23 heavy (non-hydrogen) atoms. The van der Waals surface area contributed by atoms with E-state index in [0.29, 0.717) is 15.6 Å². The normalized spacial score (nSPS) is 13.2. The summed E-state index contributed by atoms with van der Waals surface area (Å²) < 4.78 is 13.7. The van der Waals surface area contributed by atoms with Crippen LogP contribution in [0.1, 0.15) is 20.7 Å². The smallest absolute Gasteiger partial charge is 0.265 e. The second kappa shape index (κ2) is 5.81. The molecule has 0 saturated carbocycles. The first kappa shape index (κ1) is 15.2. The fraction of sp³-hybridized carbons (Fsp3) is 0.0625. The van der Waals surface area contributed by atoms with Crippen molar-refractivity contribution in [2.45, 2.75) is 0 Å². The maximum absolute atomic E-state index is 13.7. The maximum atomic E-state index is 13.7. The highest BCUT2D eigenvalue weighted by Gasteiger charge is 2.38. The zero-order valence-electron chi connectivity index (χ0n) is 11.7. The highest BCUT2D eigenvalue weighted by atomic mass is 35.5. The number of benzene rings is 2. The molecule has 5 nitrogen and oxygen atoms in total. The van der Waals surface area contributed by atoms with E-state index in [4.69, 9.17) is 11.6 Å². The van der Waals surface area contributed by atoms with Gasteiger partial charge in [-0.3, -0.25) is 19.3 Å². The molecule has 0 saturated heterocycles. The van der Waals surface area contributed by atoms with Crippen molar-refractivity contribution in [1.82, 2.24) is 4.90 Å². The van der Waals surface area contributed by atoms with Crippen LogP contribution >= 0.6 is 11.6 Å². The van der Waals surface area contributed by atoms with E-state index in [1.54, 1.807) is 24.3 Å². The van der Waals surface area contributed by atoms with Crippen molar-refractivity contribution in [2.24, 2.45) is 0 Å². The molecule has 2 aromatic rings. The van der Waals surface area contributed by atoms with Crippen LogP contribution in [0.15, 0.2) is 42.5 Å². The Morgan fingerprint density at radius 2 is 1.83 bits per heavy atom. The number of rotatable bonds is 3. The predicted molar refractivity (Wildman–Crippen MR) is 81.8 cm³/mol. The molecule has 0 unspecified atom stereocenters. The molecule has 1 aliphatic rings. The highest BCUT2D eigenvalue weighted by molar-refractivity contribution is 6.33. The largest absolute Gasteiger partial charge is 0.323 e. The number of para-hydroxylation sites is 1. The van der Waals surface area contributed by atoms with Crippen LogP contribution in [0.5, 0.6) is 0 Å². The van der Waals surface area contributed by atoms with Crippen LogP contribution in [0, 0.1) is 5.82 Å². The summed E-state index contributed by atoms with van der Waals surface area (Å²) in [6, 6.07) is 10.3. The average Bonchev–Trinajstić information content (AvgIpc) is 2.76. The van der Waals surface area contributed by atoms with Gasteiger partial charge in [-0.1, -0.05) is 29.8 Å². The number of nitrogens with zero attached hydrogens (tertiary/aromatic N) is 1.